The smallest absolute Gasteiger partial charge is 0.0787 e. The van der Waals surface area contributed by atoms with Gasteiger partial charge < -0.3 is 5.73 Å². The molecule has 0 atom stereocenters. The van der Waals surface area contributed by atoms with Crippen molar-refractivity contribution in [1.29, 1.82) is 0 Å². The normalized spacial score (nSPS) is 19.8. The van der Waals surface area contributed by atoms with Crippen molar-refractivity contribution in [3.8, 4) is 10.8 Å². The average molecular weight is 196 g/mol. The second kappa shape index (κ2) is 2.72. The summed E-state index contributed by atoms with van der Waals surface area (Å²) in [4.78, 5) is 2.61. The fourth-order valence-electron chi connectivity index (χ4n) is 0.354. The molecule has 0 aliphatic heterocycles. The Morgan fingerprint density at radius 3 is 2.12 bits per heavy atom. The summed E-state index contributed by atoms with van der Waals surface area (Å²) in [5, 5.41) is 0. The maximum absolute atomic E-state index is 5.55. The van der Waals surface area contributed by atoms with E-state index in [-0.39, 0.29) is 17.9 Å². The molecular formula is C5H7BrClN. The van der Waals surface area contributed by atoms with Gasteiger partial charge in [-0.3, -0.25) is 0 Å². The molecule has 0 amide bonds. The summed E-state index contributed by atoms with van der Waals surface area (Å²) in [5.41, 5.74) is 5.45. The van der Waals surface area contributed by atoms with Crippen LogP contribution in [0.15, 0.2) is 0 Å². The minimum absolute atomic E-state index is 0. The van der Waals surface area contributed by atoms with E-state index < -0.39 is 0 Å². The van der Waals surface area contributed by atoms with Crippen molar-refractivity contribution < 1.29 is 0 Å². The van der Waals surface area contributed by atoms with Crippen LogP contribution in [0, 0.1) is 10.8 Å². The highest BCUT2D eigenvalue weighted by Gasteiger charge is 2.35. The van der Waals surface area contributed by atoms with Crippen LogP contribution in [0.25, 0.3) is 0 Å². The summed E-state index contributed by atoms with van der Waals surface area (Å²) >= 11 is 2.98. The first kappa shape index (κ1) is 8.29. The molecule has 8 heavy (non-hydrogen) atoms. The molecule has 0 aromatic rings. The topological polar surface area (TPSA) is 26.0 Å². The molecule has 0 spiro atoms. The second-order valence-electron chi connectivity index (χ2n) is 1.88. The Morgan fingerprint density at radius 2 is 2.00 bits per heavy atom. The van der Waals surface area contributed by atoms with E-state index in [1.54, 1.807) is 0 Å². The van der Waals surface area contributed by atoms with Gasteiger partial charge in [0.25, 0.3) is 0 Å². The quantitative estimate of drug-likeness (QED) is 0.580. The van der Waals surface area contributed by atoms with Crippen LogP contribution in [0.1, 0.15) is 12.8 Å². The van der Waals surface area contributed by atoms with E-state index in [1.165, 1.54) is 0 Å². The van der Waals surface area contributed by atoms with Gasteiger partial charge in [-0.25, -0.2) is 0 Å². The van der Waals surface area contributed by atoms with Crippen LogP contribution >= 0.6 is 28.3 Å². The maximum atomic E-state index is 5.55. The van der Waals surface area contributed by atoms with Crippen molar-refractivity contribution >= 4 is 28.3 Å². The second-order valence-corrected chi connectivity index (χ2v) is 2.27. The Labute approximate surface area is 63.6 Å². The van der Waals surface area contributed by atoms with E-state index in [1.807, 2.05) is 0 Å². The highest BCUT2D eigenvalue weighted by Crippen LogP contribution is 2.30. The lowest BCUT2D eigenvalue weighted by Gasteiger charge is -1.89. The van der Waals surface area contributed by atoms with Crippen molar-refractivity contribution in [2.45, 2.75) is 18.4 Å². The Balaban J connectivity index is 0.000000490. The van der Waals surface area contributed by atoms with Gasteiger partial charge in [0.2, 0.25) is 0 Å². The van der Waals surface area contributed by atoms with Crippen molar-refractivity contribution in [3.63, 3.8) is 0 Å². The van der Waals surface area contributed by atoms with Crippen LogP contribution in [0.2, 0.25) is 0 Å². The first-order valence-electron chi connectivity index (χ1n) is 2.18. The molecular weight excluding hydrogens is 189 g/mol. The molecule has 1 aliphatic carbocycles. The Kier molecular flexibility index (Phi) is 2.82. The standard InChI is InChI=1S/C5H6BrN.ClH/c6-4-3-5(7)1-2-5;/h1-2,7H2;1H. The van der Waals surface area contributed by atoms with Gasteiger partial charge in [-0.1, -0.05) is 5.92 Å². The average Bonchev–Trinajstić information content (AvgIpc) is 2.22. The Morgan fingerprint density at radius 1 is 1.50 bits per heavy atom. The molecule has 0 saturated heterocycles. The Hall–Kier alpha value is 0.290. The van der Waals surface area contributed by atoms with Gasteiger partial charge in [0.05, 0.1) is 5.54 Å². The lowest BCUT2D eigenvalue weighted by molar-refractivity contribution is 0.891. The maximum Gasteiger partial charge on any atom is 0.0787 e. The van der Waals surface area contributed by atoms with Crippen molar-refractivity contribution in [3.05, 3.63) is 0 Å². The van der Waals surface area contributed by atoms with E-state index >= 15 is 0 Å². The number of hydrogen-bond acceptors (Lipinski definition) is 1. The van der Waals surface area contributed by atoms with Gasteiger partial charge in [0.15, 0.2) is 0 Å². The van der Waals surface area contributed by atoms with Crippen LogP contribution in [0.4, 0.5) is 0 Å². The molecule has 3 heteroatoms. The molecule has 1 fully saturated rings. The van der Waals surface area contributed by atoms with Crippen LogP contribution in [-0.2, 0) is 0 Å². The van der Waals surface area contributed by atoms with E-state index in [9.17, 15) is 0 Å². The van der Waals surface area contributed by atoms with Crippen LogP contribution in [-0.4, -0.2) is 5.54 Å². The molecule has 1 rings (SSSR count). The minimum Gasteiger partial charge on any atom is -0.315 e. The molecule has 0 aromatic carbocycles. The lowest BCUT2D eigenvalue weighted by atomic mass is 10.3. The molecule has 0 unspecified atom stereocenters. The minimum atomic E-state index is -0.108. The highest BCUT2D eigenvalue weighted by molar-refractivity contribution is 9.12. The summed E-state index contributed by atoms with van der Waals surface area (Å²) in [6.45, 7) is 0. The number of nitrogens with two attached hydrogens (primary N) is 1. The summed E-state index contributed by atoms with van der Waals surface area (Å²) < 4.78 is 0. The fourth-order valence-corrected chi connectivity index (χ4v) is 0.749. The predicted molar refractivity (Wildman–Crippen MR) is 40.1 cm³/mol. The monoisotopic (exact) mass is 195 g/mol. The number of hydrogen-bond donors (Lipinski definition) is 1. The molecule has 0 aromatic heterocycles. The molecule has 46 valence electrons. The predicted octanol–water partition coefficient (Wildman–Crippen LogP) is 1.26. The van der Waals surface area contributed by atoms with Gasteiger partial charge >= 0.3 is 0 Å². The van der Waals surface area contributed by atoms with E-state index in [4.69, 9.17) is 5.73 Å². The summed E-state index contributed by atoms with van der Waals surface area (Å²) in [7, 11) is 0. The lowest BCUT2D eigenvalue weighted by Crippen LogP contribution is -2.17. The molecule has 0 radical (unpaired) electrons. The van der Waals surface area contributed by atoms with Crippen LogP contribution in [0.3, 0.4) is 0 Å². The van der Waals surface area contributed by atoms with E-state index in [2.05, 4.69) is 26.7 Å². The van der Waals surface area contributed by atoms with Gasteiger partial charge in [-0.2, -0.15) is 0 Å². The van der Waals surface area contributed by atoms with Gasteiger partial charge in [0.1, 0.15) is 0 Å². The molecule has 0 heterocycles. The van der Waals surface area contributed by atoms with Crippen molar-refractivity contribution in [1.82, 2.24) is 0 Å². The zero-order chi connectivity index (χ0) is 5.33. The van der Waals surface area contributed by atoms with Gasteiger partial charge in [-0.15, -0.1) is 12.4 Å². The summed E-state index contributed by atoms with van der Waals surface area (Å²) in [6, 6.07) is 0. The van der Waals surface area contributed by atoms with Crippen molar-refractivity contribution in [2.24, 2.45) is 5.73 Å². The molecule has 0 bridgehead atoms. The Bertz CT molecular complexity index is 131. The van der Waals surface area contributed by atoms with E-state index in [0.717, 1.165) is 12.8 Å². The highest BCUT2D eigenvalue weighted by atomic mass is 79.9. The zero-order valence-electron chi connectivity index (χ0n) is 4.28. The largest absolute Gasteiger partial charge is 0.315 e. The first-order chi connectivity index (χ1) is 3.27. The summed E-state index contributed by atoms with van der Waals surface area (Å²) in [6.07, 6.45) is 2.12. The van der Waals surface area contributed by atoms with Gasteiger partial charge in [0, 0.05) is 15.9 Å². The fraction of sp³-hybridized carbons (Fsp3) is 0.600. The SMILES string of the molecule is Cl.NC1(C#CBr)CC1. The third kappa shape index (κ3) is 2.04. The third-order valence-electron chi connectivity index (χ3n) is 1.08. The first-order valence-corrected chi connectivity index (χ1v) is 2.98. The molecule has 1 aliphatic rings. The van der Waals surface area contributed by atoms with Crippen LogP contribution < -0.4 is 5.73 Å². The van der Waals surface area contributed by atoms with Crippen molar-refractivity contribution in [2.75, 3.05) is 0 Å². The number of rotatable bonds is 0. The zero-order valence-corrected chi connectivity index (χ0v) is 6.68. The van der Waals surface area contributed by atoms with Crippen LogP contribution in [0.5, 0.6) is 0 Å². The number of halogens is 2. The summed E-state index contributed by atoms with van der Waals surface area (Å²) in [5.74, 6) is 2.84. The van der Waals surface area contributed by atoms with Gasteiger partial charge in [-0.05, 0) is 17.7 Å². The molecule has 1 saturated carbocycles. The molecule has 1 nitrogen and oxygen atoms in total. The molecule has 2 N–H and O–H groups in total. The van der Waals surface area contributed by atoms with E-state index in [0.29, 0.717) is 0 Å². The third-order valence-corrected chi connectivity index (χ3v) is 1.28.